The molecule has 0 aliphatic carbocycles. The first-order valence-corrected chi connectivity index (χ1v) is 6.41. The van der Waals surface area contributed by atoms with E-state index in [2.05, 4.69) is 5.32 Å². The maximum atomic E-state index is 11.0. The SMILES string of the molecule is O=[N+]([O-])c1ccccc1NC1COCc2ccccc21. The number of anilines is 1. The summed E-state index contributed by atoms with van der Waals surface area (Å²) in [6.07, 6.45) is 0. The van der Waals surface area contributed by atoms with Gasteiger partial charge >= 0.3 is 0 Å². The topological polar surface area (TPSA) is 64.4 Å². The lowest BCUT2D eigenvalue weighted by molar-refractivity contribution is -0.384. The van der Waals surface area contributed by atoms with Gasteiger partial charge in [-0.15, -0.1) is 0 Å². The van der Waals surface area contributed by atoms with Crippen LogP contribution in [0.25, 0.3) is 0 Å². The number of hydrogen-bond acceptors (Lipinski definition) is 4. The molecule has 102 valence electrons. The van der Waals surface area contributed by atoms with Crippen molar-refractivity contribution in [3.05, 3.63) is 69.8 Å². The van der Waals surface area contributed by atoms with Gasteiger partial charge in [0.05, 0.1) is 24.2 Å². The highest BCUT2D eigenvalue weighted by atomic mass is 16.6. The van der Waals surface area contributed by atoms with Crippen LogP contribution in [0.5, 0.6) is 0 Å². The minimum atomic E-state index is -0.377. The second kappa shape index (κ2) is 5.30. The van der Waals surface area contributed by atoms with Crippen LogP contribution in [0.3, 0.4) is 0 Å². The first-order valence-electron chi connectivity index (χ1n) is 6.41. The smallest absolute Gasteiger partial charge is 0.292 e. The normalized spacial score (nSPS) is 17.3. The lowest BCUT2D eigenvalue weighted by atomic mass is 9.99. The van der Waals surface area contributed by atoms with Gasteiger partial charge in [-0.2, -0.15) is 0 Å². The molecule has 20 heavy (non-hydrogen) atoms. The Morgan fingerprint density at radius 3 is 2.75 bits per heavy atom. The molecule has 0 radical (unpaired) electrons. The van der Waals surface area contributed by atoms with Crippen molar-refractivity contribution in [2.75, 3.05) is 11.9 Å². The van der Waals surface area contributed by atoms with Gasteiger partial charge in [0.25, 0.3) is 5.69 Å². The second-order valence-corrected chi connectivity index (χ2v) is 4.69. The molecule has 1 unspecified atom stereocenters. The van der Waals surface area contributed by atoms with Crippen LogP contribution < -0.4 is 5.32 Å². The summed E-state index contributed by atoms with van der Waals surface area (Å²) in [7, 11) is 0. The molecule has 3 rings (SSSR count). The first kappa shape index (κ1) is 12.6. The van der Waals surface area contributed by atoms with E-state index >= 15 is 0 Å². The van der Waals surface area contributed by atoms with Crippen molar-refractivity contribution in [3.63, 3.8) is 0 Å². The Bertz CT molecular complexity index is 643. The third-order valence-electron chi connectivity index (χ3n) is 3.40. The maximum Gasteiger partial charge on any atom is 0.292 e. The molecule has 1 heterocycles. The predicted octanol–water partition coefficient (Wildman–Crippen LogP) is 3.28. The lowest BCUT2D eigenvalue weighted by Crippen LogP contribution is -2.23. The number of nitrogens with one attached hydrogen (secondary N) is 1. The molecule has 0 fully saturated rings. The number of para-hydroxylation sites is 2. The largest absolute Gasteiger partial charge is 0.374 e. The van der Waals surface area contributed by atoms with Gasteiger partial charge in [0.1, 0.15) is 5.69 Å². The van der Waals surface area contributed by atoms with Crippen LogP contribution >= 0.6 is 0 Å². The third-order valence-corrected chi connectivity index (χ3v) is 3.40. The average Bonchev–Trinajstić information content (AvgIpc) is 2.48. The molecule has 1 aliphatic heterocycles. The number of fused-ring (bicyclic) bond motifs is 1. The summed E-state index contributed by atoms with van der Waals surface area (Å²) in [5, 5.41) is 14.3. The van der Waals surface area contributed by atoms with Gasteiger partial charge < -0.3 is 10.1 Å². The molecule has 2 aromatic rings. The molecule has 1 N–H and O–H groups in total. The van der Waals surface area contributed by atoms with Gasteiger partial charge in [-0.05, 0) is 17.2 Å². The van der Waals surface area contributed by atoms with Crippen LogP contribution in [-0.2, 0) is 11.3 Å². The van der Waals surface area contributed by atoms with Gasteiger partial charge in [0.2, 0.25) is 0 Å². The number of benzene rings is 2. The van der Waals surface area contributed by atoms with Crippen molar-refractivity contribution in [3.8, 4) is 0 Å². The molecule has 0 bridgehead atoms. The fourth-order valence-electron chi connectivity index (χ4n) is 2.44. The van der Waals surface area contributed by atoms with Gasteiger partial charge in [0.15, 0.2) is 0 Å². The van der Waals surface area contributed by atoms with Crippen molar-refractivity contribution in [2.24, 2.45) is 0 Å². The van der Waals surface area contributed by atoms with Crippen molar-refractivity contribution in [1.29, 1.82) is 0 Å². The molecular weight excluding hydrogens is 256 g/mol. The van der Waals surface area contributed by atoms with Crippen molar-refractivity contribution >= 4 is 11.4 Å². The number of rotatable bonds is 3. The lowest BCUT2D eigenvalue weighted by Gasteiger charge is -2.27. The van der Waals surface area contributed by atoms with E-state index in [1.165, 1.54) is 6.07 Å². The summed E-state index contributed by atoms with van der Waals surface area (Å²) in [6, 6.07) is 14.6. The van der Waals surface area contributed by atoms with E-state index < -0.39 is 0 Å². The van der Waals surface area contributed by atoms with Gasteiger partial charge in [-0.3, -0.25) is 10.1 Å². The fraction of sp³-hybridized carbons (Fsp3) is 0.200. The van der Waals surface area contributed by atoms with E-state index in [4.69, 9.17) is 4.74 Å². The van der Waals surface area contributed by atoms with Crippen LogP contribution in [-0.4, -0.2) is 11.5 Å². The van der Waals surface area contributed by atoms with E-state index in [0.29, 0.717) is 18.9 Å². The van der Waals surface area contributed by atoms with E-state index in [1.54, 1.807) is 18.2 Å². The predicted molar refractivity (Wildman–Crippen MR) is 75.6 cm³/mol. The van der Waals surface area contributed by atoms with Crippen LogP contribution in [0.1, 0.15) is 17.2 Å². The molecule has 5 nitrogen and oxygen atoms in total. The number of hydrogen-bond donors (Lipinski definition) is 1. The molecule has 0 spiro atoms. The summed E-state index contributed by atoms with van der Waals surface area (Å²) >= 11 is 0. The standard InChI is InChI=1S/C15H14N2O3/c18-17(19)15-8-4-3-7-13(15)16-14-10-20-9-11-5-1-2-6-12(11)14/h1-8,14,16H,9-10H2. The molecule has 2 aromatic carbocycles. The Morgan fingerprint density at radius 2 is 1.90 bits per heavy atom. The quantitative estimate of drug-likeness (QED) is 0.686. The van der Waals surface area contributed by atoms with Crippen molar-refractivity contribution in [2.45, 2.75) is 12.6 Å². The summed E-state index contributed by atoms with van der Waals surface area (Å²) in [6.45, 7) is 1.09. The Morgan fingerprint density at radius 1 is 1.15 bits per heavy atom. The molecule has 0 amide bonds. The Hall–Kier alpha value is -2.40. The molecule has 0 aromatic heterocycles. The number of nitro groups is 1. The summed E-state index contributed by atoms with van der Waals surface area (Å²) in [5.41, 5.74) is 2.85. The van der Waals surface area contributed by atoms with Gasteiger partial charge in [-0.1, -0.05) is 36.4 Å². The molecule has 0 saturated heterocycles. The van der Waals surface area contributed by atoms with E-state index in [-0.39, 0.29) is 16.7 Å². The molecule has 0 saturated carbocycles. The number of ether oxygens (including phenoxy) is 1. The highest BCUT2D eigenvalue weighted by Crippen LogP contribution is 2.31. The van der Waals surface area contributed by atoms with Crippen LogP contribution in [0.4, 0.5) is 11.4 Å². The Balaban J connectivity index is 1.92. The Labute approximate surface area is 116 Å². The minimum Gasteiger partial charge on any atom is -0.374 e. The summed E-state index contributed by atoms with van der Waals surface area (Å²) < 4.78 is 5.55. The van der Waals surface area contributed by atoms with Crippen LogP contribution in [0.15, 0.2) is 48.5 Å². The van der Waals surface area contributed by atoms with Crippen LogP contribution in [0.2, 0.25) is 0 Å². The highest BCUT2D eigenvalue weighted by Gasteiger charge is 2.22. The summed E-state index contributed by atoms with van der Waals surface area (Å²) in [5.74, 6) is 0. The minimum absolute atomic E-state index is 0.0685. The third kappa shape index (κ3) is 2.35. The van der Waals surface area contributed by atoms with Gasteiger partial charge in [0, 0.05) is 6.07 Å². The van der Waals surface area contributed by atoms with Gasteiger partial charge in [-0.25, -0.2) is 0 Å². The highest BCUT2D eigenvalue weighted by molar-refractivity contribution is 5.62. The zero-order valence-corrected chi connectivity index (χ0v) is 10.8. The van der Waals surface area contributed by atoms with E-state index in [0.717, 1.165) is 11.1 Å². The Kier molecular flexibility index (Phi) is 3.35. The number of nitrogens with zero attached hydrogens (tertiary/aromatic N) is 1. The van der Waals surface area contributed by atoms with Crippen LogP contribution in [0, 0.1) is 10.1 Å². The molecular formula is C15H14N2O3. The summed E-state index contributed by atoms with van der Waals surface area (Å²) in [4.78, 5) is 10.7. The first-order chi connectivity index (χ1) is 9.75. The molecule has 5 heteroatoms. The molecule has 1 aliphatic rings. The number of nitro benzene ring substituents is 1. The maximum absolute atomic E-state index is 11.0. The van der Waals surface area contributed by atoms with Crippen molar-refractivity contribution < 1.29 is 9.66 Å². The second-order valence-electron chi connectivity index (χ2n) is 4.69. The molecule has 1 atom stereocenters. The monoisotopic (exact) mass is 270 g/mol. The average molecular weight is 270 g/mol. The van der Waals surface area contributed by atoms with E-state index in [9.17, 15) is 10.1 Å². The zero-order chi connectivity index (χ0) is 13.9. The fourth-order valence-corrected chi connectivity index (χ4v) is 2.44. The zero-order valence-electron chi connectivity index (χ0n) is 10.8. The van der Waals surface area contributed by atoms with Crippen molar-refractivity contribution in [1.82, 2.24) is 0 Å². The van der Waals surface area contributed by atoms with E-state index in [1.807, 2.05) is 24.3 Å².